The Morgan fingerprint density at radius 2 is 1.75 bits per heavy atom. The summed E-state index contributed by atoms with van der Waals surface area (Å²) in [4.78, 5) is 69.5. The van der Waals surface area contributed by atoms with Crippen molar-refractivity contribution in [2.75, 3.05) is 26.8 Å². The zero-order valence-corrected chi connectivity index (χ0v) is 32.4. The van der Waals surface area contributed by atoms with Crippen molar-refractivity contribution in [2.45, 2.75) is 101 Å². The summed E-state index contributed by atoms with van der Waals surface area (Å²) in [6, 6.07) is 12.1. The van der Waals surface area contributed by atoms with E-state index in [0.717, 1.165) is 5.56 Å². The Morgan fingerprint density at radius 3 is 2.51 bits per heavy atom. The first kappa shape index (κ1) is 42.3. The van der Waals surface area contributed by atoms with Crippen LogP contribution in [0.15, 0.2) is 65.8 Å². The lowest BCUT2D eigenvalue weighted by Crippen LogP contribution is -2.54. The number of carboxylic acid groups (broad SMARTS) is 1. The van der Waals surface area contributed by atoms with Crippen LogP contribution in [0.3, 0.4) is 0 Å². The van der Waals surface area contributed by atoms with Gasteiger partial charge in [-0.15, -0.1) is 5.10 Å². The smallest absolute Gasteiger partial charge is 0.326 e. The topological polar surface area (TPSA) is 227 Å². The molecule has 2 aromatic carbocycles. The molecule has 6 N–H and O–H groups in total. The van der Waals surface area contributed by atoms with Crippen LogP contribution in [0, 0.1) is 0 Å². The van der Waals surface area contributed by atoms with E-state index in [9.17, 15) is 29.1 Å². The Hall–Kier alpha value is -5.84. The van der Waals surface area contributed by atoms with Crippen LogP contribution in [0.1, 0.15) is 62.3 Å². The number of likely N-dealkylation sites (N-methyl/N-ethyl adjacent to an activating group) is 1. The summed E-state index contributed by atoms with van der Waals surface area (Å²) in [6.45, 7) is 3.08. The van der Waals surface area contributed by atoms with E-state index in [1.54, 1.807) is 49.1 Å². The summed E-state index contributed by atoms with van der Waals surface area (Å²) in [7, 11) is 1.70. The maximum atomic E-state index is 13.7. The van der Waals surface area contributed by atoms with E-state index in [2.05, 4.69) is 41.9 Å². The molecule has 1 aromatic heterocycles. The minimum absolute atomic E-state index is 0.00392. The summed E-state index contributed by atoms with van der Waals surface area (Å²) in [5.74, 6) is -1.70. The summed E-state index contributed by atoms with van der Waals surface area (Å²) in [5.41, 5.74) is 2.12. The molecule has 0 spiro atoms. The van der Waals surface area contributed by atoms with Gasteiger partial charge in [0.2, 0.25) is 23.6 Å². The van der Waals surface area contributed by atoms with Crippen molar-refractivity contribution < 1.29 is 38.6 Å². The number of nitrogens with zero attached hydrogens (tertiary/aromatic N) is 4. The van der Waals surface area contributed by atoms with Gasteiger partial charge in [0.15, 0.2) is 5.90 Å². The number of fused-ring (bicyclic) bond motifs is 20. The van der Waals surface area contributed by atoms with Gasteiger partial charge in [-0.3, -0.25) is 19.2 Å². The number of rotatable bonds is 6. The number of aryl methyl sites for hydroxylation is 1. The largest absolute Gasteiger partial charge is 0.492 e. The van der Waals surface area contributed by atoms with Gasteiger partial charge in [0.25, 0.3) is 0 Å². The van der Waals surface area contributed by atoms with E-state index in [1.807, 2.05) is 30.3 Å². The molecule has 0 saturated carbocycles. The highest BCUT2D eigenvalue weighted by Gasteiger charge is 2.32. The molecule has 3 aromatic rings. The molecule has 17 nitrogen and oxygen atoms in total. The third-order valence-corrected chi connectivity index (χ3v) is 9.84. The molecule has 306 valence electrons. The normalized spacial score (nSPS) is 22.6. The summed E-state index contributed by atoms with van der Waals surface area (Å²) in [5, 5.41) is 32.7. The molecule has 4 heterocycles. The lowest BCUT2D eigenvalue weighted by molar-refractivity contribution is -0.142. The van der Waals surface area contributed by atoms with E-state index >= 15 is 0 Å². The van der Waals surface area contributed by atoms with Gasteiger partial charge in [0.05, 0.1) is 24.3 Å². The number of aliphatic carboxylic acids is 1. The number of hydrogen-bond acceptors (Lipinski definition) is 11. The molecule has 4 amide bonds. The number of carbonyl (C=O) groups is 5. The molecule has 57 heavy (non-hydrogen) atoms. The van der Waals surface area contributed by atoms with Gasteiger partial charge in [-0.25, -0.2) is 14.5 Å². The van der Waals surface area contributed by atoms with Crippen molar-refractivity contribution in [1.29, 1.82) is 0 Å². The van der Waals surface area contributed by atoms with Crippen LogP contribution in [0.2, 0.25) is 0 Å². The van der Waals surface area contributed by atoms with Crippen LogP contribution in [-0.2, 0) is 54.5 Å². The highest BCUT2D eigenvalue weighted by molar-refractivity contribution is 5.94. The number of aromatic nitrogens is 3. The Labute approximate surface area is 331 Å². The van der Waals surface area contributed by atoms with Gasteiger partial charge in [-0.05, 0) is 62.9 Å². The second-order valence-electron chi connectivity index (χ2n) is 14.3. The maximum Gasteiger partial charge on any atom is 0.326 e. The number of benzene rings is 2. The molecule has 0 saturated heterocycles. The third-order valence-electron chi connectivity index (χ3n) is 9.84. The van der Waals surface area contributed by atoms with Crippen molar-refractivity contribution in [2.24, 2.45) is 4.99 Å². The predicted octanol–water partition coefficient (Wildman–Crippen LogP) is 1.10. The maximum absolute atomic E-state index is 13.7. The number of carbonyl (C=O) groups excluding carboxylic acids is 4. The summed E-state index contributed by atoms with van der Waals surface area (Å²) in [6.07, 6.45) is 5.30. The first-order valence-electron chi connectivity index (χ1n) is 19.5. The highest BCUT2D eigenvalue weighted by Crippen LogP contribution is 2.17. The van der Waals surface area contributed by atoms with E-state index < -0.39 is 42.0 Å². The second-order valence-corrected chi connectivity index (χ2v) is 14.3. The lowest BCUT2D eigenvalue weighted by Gasteiger charge is -2.23. The Kier molecular flexibility index (Phi) is 15.9. The molecule has 0 radical (unpaired) electrons. The van der Waals surface area contributed by atoms with Crippen molar-refractivity contribution >= 4 is 35.5 Å². The van der Waals surface area contributed by atoms with E-state index in [4.69, 9.17) is 9.47 Å². The number of carboxylic acids is 1. The molecule has 0 unspecified atom stereocenters. The van der Waals surface area contributed by atoms with Gasteiger partial charge < -0.3 is 41.2 Å². The SMILES string of the molecule is CN[C@@H](C)C(=O)N[C@H]1CCCCNC(=O)CCc2cn(nn2)CCOc2ccc(cc2)C[C@H](C(=O)O)NC(=O)[C@H](Cc2ccccc2)NC(=O)[C@@H]2CCC(=N2)OC1. The molecule has 3 aliphatic rings. The van der Waals surface area contributed by atoms with Crippen LogP contribution < -0.4 is 31.3 Å². The van der Waals surface area contributed by atoms with Crippen LogP contribution in [0.5, 0.6) is 5.75 Å². The molecule has 17 heteroatoms. The quantitative estimate of drug-likeness (QED) is 0.207. The Balaban J connectivity index is 1.31. The molecular weight excluding hydrogens is 734 g/mol. The molecular formula is C40H53N9O8. The molecule has 6 rings (SSSR count). The highest BCUT2D eigenvalue weighted by atomic mass is 16.5. The number of ether oxygens (including phenoxy) is 2. The first-order valence-corrected chi connectivity index (χ1v) is 19.5. The van der Waals surface area contributed by atoms with E-state index in [1.165, 1.54) is 0 Å². The monoisotopic (exact) mass is 787 g/mol. The summed E-state index contributed by atoms with van der Waals surface area (Å²) >= 11 is 0. The fourth-order valence-corrected chi connectivity index (χ4v) is 6.36. The summed E-state index contributed by atoms with van der Waals surface area (Å²) < 4.78 is 13.5. The molecule has 0 aliphatic carbocycles. The minimum atomic E-state index is -1.27. The van der Waals surface area contributed by atoms with Gasteiger partial charge >= 0.3 is 5.97 Å². The Morgan fingerprint density at radius 1 is 0.965 bits per heavy atom. The average Bonchev–Trinajstić information content (AvgIpc) is 3.88. The molecule has 0 fully saturated rings. The van der Waals surface area contributed by atoms with Crippen LogP contribution in [0.4, 0.5) is 0 Å². The molecule has 5 atom stereocenters. The third kappa shape index (κ3) is 13.7. The standard InChI is InChI=1S/C40H53N9O8/c1-26(41-2)37(51)43-30-10-6-7-19-42-35(50)17-13-29-24-49(48-47-29)20-21-56-31-14-11-28(12-15-31)23-34(40(54)55)46-39(53)33(22-27-8-4-3-5-9-27)45-38(52)32-16-18-36(44-32)57-25-30/h3-5,8-9,11-12,14-15,24,26,30,32-34,41H,6-7,10,13,16-23,25H2,1-2H3,(H,42,50)(H,43,51)(H,45,52)(H,46,53)(H,54,55)/t26-,30-,32-,33-,34+/m0/s1. The molecule has 3 aliphatic heterocycles. The van der Waals surface area contributed by atoms with Crippen LogP contribution in [0.25, 0.3) is 0 Å². The molecule has 6 bridgehead atoms. The van der Waals surface area contributed by atoms with Crippen molar-refractivity contribution in [3.8, 4) is 5.75 Å². The van der Waals surface area contributed by atoms with Gasteiger partial charge in [-0.1, -0.05) is 47.7 Å². The minimum Gasteiger partial charge on any atom is -0.492 e. The lowest BCUT2D eigenvalue weighted by atomic mass is 10.0. The number of hydrogen-bond donors (Lipinski definition) is 6. The van der Waals surface area contributed by atoms with Crippen LogP contribution >= 0.6 is 0 Å². The van der Waals surface area contributed by atoms with E-state index in [0.29, 0.717) is 81.1 Å². The van der Waals surface area contributed by atoms with Crippen LogP contribution in [-0.4, -0.2) is 113 Å². The predicted molar refractivity (Wildman–Crippen MR) is 209 cm³/mol. The van der Waals surface area contributed by atoms with Gasteiger partial charge in [-0.2, -0.15) is 0 Å². The fraction of sp³-hybridized carbons (Fsp3) is 0.500. The van der Waals surface area contributed by atoms with E-state index in [-0.39, 0.29) is 43.7 Å². The van der Waals surface area contributed by atoms with Gasteiger partial charge in [0, 0.05) is 44.8 Å². The van der Waals surface area contributed by atoms with Crippen molar-refractivity contribution in [1.82, 2.24) is 41.6 Å². The average molecular weight is 788 g/mol. The van der Waals surface area contributed by atoms with Crippen molar-refractivity contribution in [3.63, 3.8) is 0 Å². The zero-order chi connectivity index (χ0) is 40.6. The van der Waals surface area contributed by atoms with Gasteiger partial charge in [0.1, 0.15) is 37.1 Å². The first-order chi connectivity index (χ1) is 27.6. The number of nitrogens with one attached hydrogen (secondary N) is 5. The van der Waals surface area contributed by atoms with Crippen molar-refractivity contribution in [3.05, 3.63) is 77.6 Å². The fourth-order valence-electron chi connectivity index (χ4n) is 6.36. The number of amides is 4. The Bertz CT molecular complexity index is 1840. The second kappa shape index (κ2) is 21.5. The number of aliphatic imine (C=N–C) groups is 1. The zero-order valence-electron chi connectivity index (χ0n) is 32.4.